The second-order valence-electron chi connectivity index (χ2n) is 4.29. The Kier molecular flexibility index (Phi) is 5.30. The van der Waals surface area contributed by atoms with Gasteiger partial charge in [-0.25, -0.2) is 15.0 Å². The Labute approximate surface area is 118 Å². The van der Waals surface area contributed by atoms with E-state index < -0.39 is 0 Å². The van der Waals surface area contributed by atoms with Gasteiger partial charge in [-0.1, -0.05) is 13.0 Å². The number of aromatic nitrogens is 3. The van der Waals surface area contributed by atoms with Crippen molar-refractivity contribution in [3.63, 3.8) is 0 Å². The van der Waals surface area contributed by atoms with Crippen molar-refractivity contribution in [1.82, 2.24) is 20.3 Å². The summed E-state index contributed by atoms with van der Waals surface area (Å²) in [6.45, 7) is 5.98. The van der Waals surface area contributed by atoms with Crippen LogP contribution in [0, 0.1) is 6.92 Å². The normalized spacial score (nSPS) is 10.6. The van der Waals surface area contributed by atoms with E-state index in [1.165, 1.54) is 17.3 Å². The molecule has 0 bridgehead atoms. The van der Waals surface area contributed by atoms with Crippen molar-refractivity contribution in [3.05, 3.63) is 41.9 Å². The maximum atomic E-state index is 4.42. The predicted octanol–water partition coefficient (Wildman–Crippen LogP) is 2.83. The van der Waals surface area contributed by atoms with Crippen molar-refractivity contribution in [1.29, 1.82) is 0 Å². The topological polar surface area (TPSA) is 50.7 Å². The molecule has 0 saturated carbocycles. The Balaban J connectivity index is 2.08. The van der Waals surface area contributed by atoms with E-state index in [9.17, 15) is 0 Å². The van der Waals surface area contributed by atoms with Crippen LogP contribution in [-0.4, -0.2) is 21.5 Å². The highest BCUT2D eigenvalue weighted by atomic mass is 32.2. The van der Waals surface area contributed by atoms with E-state index in [1.807, 2.05) is 25.4 Å². The number of aryl methyl sites for hydroxylation is 1. The Morgan fingerprint density at radius 3 is 2.74 bits per heavy atom. The first-order valence-corrected chi connectivity index (χ1v) is 7.22. The summed E-state index contributed by atoms with van der Waals surface area (Å²) >= 11 is 1.51. The number of nitrogens with one attached hydrogen (secondary N) is 1. The van der Waals surface area contributed by atoms with Gasteiger partial charge in [-0.15, -0.1) is 0 Å². The lowest BCUT2D eigenvalue weighted by Crippen LogP contribution is -2.14. The summed E-state index contributed by atoms with van der Waals surface area (Å²) in [5.41, 5.74) is 2.25. The molecule has 0 aliphatic rings. The van der Waals surface area contributed by atoms with Crippen LogP contribution in [0.4, 0.5) is 0 Å². The van der Waals surface area contributed by atoms with Crippen LogP contribution in [0.15, 0.2) is 40.9 Å². The Morgan fingerprint density at radius 2 is 2.00 bits per heavy atom. The molecular weight excluding hydrogens is 256 g/mol. The predicted molar refractivity (Wildman–Crippen MR) is 77.1 cm³/mol. The van der Waals surface area contributed by atoms with Gasteiger partial charge in [0.15, 0.2) is 5.16 Å². The molecule has 19 heavy (non-hydrogen) atoms. The summed E-state index contributed by atoms with van der Waals surface area (Å²) in [4.78, 5) is 13.0. The Bertz CT molecular complexity index is 513. The SMILES string of the molecule is CCCNCc1cccnc1Sc1ncc(C)cn1. The number of hydrogen-bond donors (Lipinski definition) is 1. The van der Waals surface area contributed by atoms with E-state index in [4.69, 9.17) is 0 Å². The van der Waals surface area contributed by atoms with E-state index >= 15 is 0 Å². The lowest BCUT2D eigenvalue weighted by atomic mass is 10.3. The van der Waals surface area contributed by atoms with Gasteiger partial charge in [0.2, 0.25) is 0 Å². The van der Waals surface area contributed by atoms with Gasteiger partial charge < -0.3 is 5.32 Å². The van der Waals surface area contributed by atoms with Gasteiger partial charge in [-0.2, -0.15) is 0 Å². The molecule has 4 nitrogen and oxygen atoms in total. The fourth-order valence-corrected chi connectivity index (χ4v) is 2.34. The minimum atomic E-state index is 0.737. The molecule has 0 amide bonds. The highest BCUT2D eigenvalue weighted by Gasteiger charge is 2.07. The molecule has 0 aliphatic heterocycles. The number of rotatable bonds is 6. The lowest BCUT2D eigenvalue weighted by molar-refractivity contribution is 0.665. The third-order valence-electron chi connectivity index (χ3n) is 2.54. The van der Waals surface area contributed by atoms with Crippen LogP contribution in [0.2, 0.25) is 0 Å². The van der Waals surface area contributed by atoms with E-state index in [2.05, 4.69) is 33.3 Å². The van der Waals surface area contributed by atoms with Crippen molar-refractivity contribution in [2.24, 2.45) is 0 Å². The monoisotopic (exact) mass is 274 g/mol. The van der Waals surface area contributed by atoms with Gasteiger partial charge >= 0.3 is 0 Å². The second-order valence-corrected chi connectivity index (χ2v) is 5.25. The summed E-state index contributed by atoms with van der Waals surface area (Å²) in [6, 6.07) is 4.05. The van der Waals surface area contributed by atoms with Gasteiger partial charge in [0.05, 0.1) is 0 Å². The first-order chi connectivity index (χ1) is 9.29. The molecule has 0 aromatic carbocycles. The quantitative estimate of drug-likeness (QED) is 0.648. The molecule has 0 atom stereocenters. The molecule has 0 radical (unpaired) electrons. The van der Waals surface area contributed by atoms with Crippen molar-refractivity contribution in [2.45, 2.75) is 37.0 Å². The molecule has 2 aromatic heterocycles. The number of pyridine rings is 1. The number of nitrogens with zero attached hydrogens (tertiary/aromatic N) is 3. The maximum absolute atomic E-state index is 4.42. The van der Waals surface area contributed by atoms with Crippen LogP contribution in [0.25, 0.3) is 0 Å². The number of hydrogen-bond acceptors (Lipinski definition) is 5. The average molecular weight is 274 g/mol. The molecule has 1 N–H and O–H groups in total. The van der Waals surface area contributed by atoms with Crippen LogP contribution in [0.5, 0.6) is 0 Å². The van der Waals surface area contributed by atoms with Gasteiger partial charge in [0, 0.05) is 25.1 Å². The zero-order valence-electron chi connectivity index (χ0n) is 11.3. The van der Waals surface area contributed by atoms with E-state index in [-0.39, 0.29) is 0 Å². The fraction of sp³-hybridized carbons (Fsp3) is 0.357. The Hall–Kier alpha value is -1.46. The highest BCUT2D eigenvalue weighted by Crippen LogP contribution is 2.25. The molecule has 0 fully saturated rings. The lowest BCUT2D eigenvalue weighted by Gasteiger charge is -2.08. The van der Waals surface area contributed by atoms with Crippen LogP contribution in [0.3, 0.4) is 0 Å². The summed E-state index contributed by atoms with van der Waals surface area (Å²) in [6.07, 6.45) is 6.59. The van der Waals surface area contributed by atoms with Crippen LogP contribution < -0.4 is 5.32 Å². The molecule has 100 valence electrons. The molecular formula is C14H18N4S. The minimum Gasteiger partial charge on any atom is -0.313 e. The van der Waals surface area contributed by atoms with Crippen molar-refractivity contribution >= 4 is 11.8 Å². The average Bonchev–Trinajstić information content (AvgIpc) is 2.43. The first-order valence-electron chi connectivity index (χ1n) is 6.40. The first kappa shape index (κ1) is 14.0. The van der Waals surface area contributed by atoms with Gasteiger partial charge in [-0.05, 0) is 48.8 Å². The molecule has 0 spiro atoms. The Morgan fingerprint density at radius 1 is 1.21 bits per heavy atom. The molecule has 2 heterocycles. The van der Waals surface area contributed by atoms with E-state index in [0.29, 0.717) is 0 Å². The van der Waals surface area contributed by atoms with Gasteiger partial charge in [0.25, 0.3) is 0 Å². The maximum Gasteiger partial charge on any atom is 0.193 e. The smallest absolute Gasteiger partial charge is 0.193 e. The molecule has 2 aromatic rings. The van der Waals surface area contributed by atoms with E-state index in [0.717, 1.165) is 35.3 Å². The third kappa shape index (κ3) is 4.29. The summed E-state index contributed by atoms with van der Waals surface area (Å²) < 4.78 is 0. The van der Waals surface area contributed by atoms with Crippen molar-refractivity contribution < 1.29 is 0 Å². The van der Waals surface area contributed by atoms with Gasteiger partial charge in [-0.3, -0.25) is 0 Å². The van der Waals surface area contributed by atoms with Crippen LogP contribution in [0.1, 0.15) is 24.5 Å². The molecule has 0 saturated heterocycles. The second kappa shape index (κ2) is 7.21. The standard InChI is InChI=1S/C14H18N4S/c1-3-6-15-10-12-5-4-7-16-13(12)19-14-17-8-11(2)9-18-14/h4-5,7-9,15H,3,6,10H2,1-2H3. The molecule has 5 heteroatoms. The van der Waals surface area contributed by atoms with Crippen LogP contribution >= 0.6 is 11.8 Å². The molecule has 2 rings (SSSR count). The minimum absolute atomic E-state index is 0.737. The van der Waals surface area contributed by atoms with Gasteiger partial charge in [0.1, 0.15) is 5.03 Å². The summed E-state index contributed by atoms with van der Waals surface area (Å²) in [7, 11) is 0. The zero-order chi connectivity index (χ0) is 13.5. The summed E-state index contributed by atoms with van der Waals surface area (Å²) in [5.74, 6) is 0. The molecule has 0 unspecified atom stereocenters. The zero-order valence-corrected chi connectivity index (χ0v) is 12.1. The largest absolute Gasteiger partial charge is 0.313 e. The highest BCUT2D eigenvalue weighted by molar-refractivity contribution is 7.99. The van der Waals surface area contributed by atoms with Crippen molar-refractivity contribution in [2.75, 3.05) is 6.54 Å². The summed E-state index contributed by atoms with van der Waals surface area (Å²) in [5, 5.41) is 5.10. The molecule has 0 aliphatic carbocycles. The van der Waals surface area contributed by atoms with Crippen molar-refractivity contribution in [3.8, 4) is 0 Å². The van der Waals surface area contributed by atoms with E-state index in [1.54, 1.807) is 6.20 Å². The van der Waals surface area contributed by atoms with Crippen LogP contribution in [-0.2, 0) is 6.54 Å². The fourth-order valence-electron chi connectivity index (χ4n) is 1.57. The third-order valence-corrected chi connectivity index (χ3v) is 3.49.